The predicted molar refractivity (Wildman–Crippen MR) is 75.8 cm³/mol. The number of carbonyl (C=O) groups excluding carboxylic acids is 1. The second kappa shape index (κ2) is 4.86. The Labute approximate surface area is 120 Å². The quantitative estimate of drug-likeness (QED) is 0.690. The highest BCUT2D eigenvalue weighted by Crippen LogP contribution is 2.47. The van der Waals surface area contributed by atoms with Gasteiger partial charge in [0, 0.05) is 5.56 Å². The topological polar surface area (TPSA) is 87.0 Å². The molecule has 3 N–H and O–H groups in total. The Hall–Kier alpha value is -2.95. The second-order valence-electron chi connectivity index (χ2n) is 4.63. The van der Waals surface area contributed by atoms with Crippen LogP contribution in [0.3, 0.4) is 0 Å². The van der Waals surface area contributed by atoms with Crippen LogP contribution in [0.2, 0.25) is 0 Å². The van der Waals surface area contributed by atoms with Gasteiger partial charge in [-0.3, -0.25) is 4.79 Å². The first-order valence-corrected chi connectivity index (χ1v) is 6.30. The van der Waals surface area contributed by atoms with Crippen LogP contribution < -0.4 is 4.74 Å². The Kier molecular flexibility index (Phi) is 3.02. The van der Waals surface area contributed by atoms with Crippen molar-refractivity contribution < 1.29 is 24.9 Å². The van der Waals surface area contributed by atoms with Crippen molar-refractivity contribution in [3.8, 4) is 11.5 Å². The lowest BCUT2D eigenvalue weighted by Gasteiger charge is -2.30. The van der Waals surface area contributed by atoms with Crippen LogP contribution in [0.4, 0.5) is 0 Å². The van der Waals surface area contributed by atoms with Gasteiger partial charge in [0.1, 0.15) is 0 Å². The Morgan fingerprint density at radius 2 is 2.05 bits per heavy atom. The third kappa shape index (κ3) is 1.99. The zero-order valence-corrected chi connectivity index (χ0v) is 10.9. The molecule has 106 valence electrons. The van der Waals surface area contributed by atoms with Gasteiger partial charge in [-0.05, 0) is 23.8 Å². The zero-order chi connectivity index (χ0) is 15.0. The fourth-order valence-electron chi connectivity index (χ4n) is 2.45. The van der Waals surface area contributed by atoms with Crippen molar-refractivity contribution in [1.82, 2.24) is 0 Å². The highest BCUT2D eigenvalue weighted by Gasteiger charge is 2.35. The molecule has 0 spiro atoms. The first-order chi connectivity index (χ1) is 10.1. The molecule has 0 fully saturated rings. The maximum atomic E-state index is 11.6. The zero-order valence-electron chi connectivity index (χ0n) is 10.9. The van der Waals surface area contributed by atoms with Gasteiger partial charge in [-0.25, -0.2) is 0 Å². The molecule has 0 amide bonds. The summed E-state index contributed by atoms with van der Waals surface area (Å²) in [5.74, 6) is -1.31. The van der Waals surface area contributed by atoms with Crippen LogP contribution in [-0.2, 0) is 4.79 Å². The minimum absolute atomic E-state index is 0.0779. The normalized spacial score (nSPS) is 22.4. The number of para-hydroxylation sites is 1. The molecule has 0 bridgehead atoms. The Morgan fingerprint density at radius 1 is 1.24 bits per heavy atom. The number of aliphatic hydroxyl groups excluding tert-OH is 2. The maximum Gasteiger partial charge on any atom is 0.223 e. The Bertz CT molecular complexity index is 737. The molecule has 1 aliphatic carbocycles. The lowest BCUT2D eigenvalue weighted by molar-refractivity contribution is -0.114. The smallest absolute Gasteiger partial charge is 0.223 e. The molecule has 5 heteroatoms. The first kappa shape index (κ1) is 13.1. The highest BCUT2D eigenvalue weighted by atomic mass is 16.5. The summed E-state index contributed by atoms with van der Waals surface area (Å²) >= 11 is 0. The van der Waals surface area contributed by atoms with Crippen molar-refractivity contribution in [1.29, 1.82) is 0 Å². The number of rotatable bonds is 1. The first-order valence-electron chi connectivity index (χ1n) is 6.30. The number of aromatic hydroxyl groups is 1. The fraction of sp³-hybridized carbons (Fsp3) is 0.0625. The molecular weight excluding hydrogens is 272 g/mol. The van der Waals surface area contributed by atoms with E-state index in [1.807, 2.05) is 0 Å². The number of ether oxygens (including phenoxy) is 1. The summed E-state index contributed by atoms with van der Waals surface area (Å²) in [4.78, 5) is 11.6. The Morgan fingerprint density at radius 3 is 2.81 bits per heavy atom. The number of phenolic OH excluding ortho intramolecular Hbond substituents is 1. The molecule has 1 aromatic rings. The van der Waals surface area contributed by atoms with Gasteiger partial charge in [0.25, 0.3) is 0 Å². The van der Waals surface area contributed by atoms with Gasteiger partial charge in [-0.1, -0.05) is 24.3 Å². The number of hydrogen-bond donors (Lipinski definition) is 3. The number of fused-ring (bicyclic) bond motifs is 2. The highest BCUT2D eigenvalue weighted by molar-refractivity contribution is 6.04. The van der Waals surface area contributed by atoms with Crippen LogP contribution in [-0.4, -0.2) is 21.1 Å². The molecule has 0 radical (unpaired) electrons. The maximum absolute atomic E-state index is 11.6. The van der Waals surface area contributed by atoms with Crippen molar-refractivity contribution in [2.45, 2.75) is 0 Å². The van der Waals surface area contributed by atoms with E-state index >= 15 is 0 Å². The van der Waals surface area contributed by atoms with Gasteiger partial charge < -0.3 is 20.1 Å². The van der Waals surface area contributed by atoms with E-state index in [0.29, 0.717) is 11.1 Å². The molecule has 1 aliphatic heterocycles. The minimum Gasteiger partial charge on any atom is -0.516 e. The molecule has 3 rings (SSSR count). The number of phenols is 1. The monoisotopic (exact) mass is 284 g/mol. The van der Waals surface area contributed by atoms with Gasteiger partial charge >= 0.3 is 0 Å². The molecule has 2 aliphatic rings. The summed E-state index contributed by atoms with van der Waals surface area (Å²) in [6.45, 7) is 0. The van der Waals surface area contributed by atoms with Crippen LogP contribution in [0.5, 0.6) is 11.5 Å². The predicted octanol–water partition coefficient (Wildman–Crippen LogP) is 2.76. The average molecular weight is 284 g/mol. The summed E-state index contributed by atoms with van der Waals surface area (Å²) in [5, 5.41) is 28.7. The van der Waals surface area contributed by atoms with Crippen molar-refractivity contribution in [2.24, 2.45) is 5.92 Å². The van der Waals surface area contributed by atoms with E-state index in [-0.39, 0.29) is 17.3 Å². The van der Waals surface area contributed by atoms with Gasteiger partial charge in [-0.2, -0.15) is 0 Å². The van der Waals surface area contributed by atoms with E-state index in [2.05, 4.69) is 0 Å². The van der Waals surface area contributed by atoms with Gasteiger partial charge in [0.2, 0.25) is 11.5 Å². The molecular formula is C16H12O5. The van der Waals surface area contributed by atoms with Crippen molar-refractivity contribution in [2.75, 3.05) is 0 Å². The lowest BCUT2D eigenvalue weighted by Crippen LogP contribution is -2.23. The van der Waals surface area contributed by atoms with Gasteiger partial charge in [0.15, 0.2) is 17.3 Å². The number of hydrogen-bond acceptors (Lipinski definition) is 5. The molecule has 0 saturated carbocycles. The number of carbonyl (C=O) groups is 1. The van der Waals surface area contributed by atoms with Crippen molar-refractivity contribution in [3.05, 3.63) is 65.8 Å². The summed E-state index contributed by atoms with van der Waals surface area (Å²) in [7, 11) is 0. The van der Waals surface area contributed by atoms with Crippen LogP contribution in [0.15, 0.2) is 60.3 Å². The number of aliphatic hydroxyl groups is 2. The van der Waals surface area contributed by atoms with Crippen molar-refractivity contribution >= 4 is 11.4 Å². The molecule has 0 saturated heterocycles. The van der Waals surface area contributed by atoms with Gasteiger partial charge in [0.05, 0.1) is 12.2 Å². The largest absolute Gasteiger partial charge is 0.516 e. The van der Waals surface area contributed by atoms with E-state index in [1.165, 1.54) is 18.2 Å². The lowest BCUT2D eigenvalue weighted by atomic mass is 9.84. The van der Waals surface area contributed by atoms with E-state index in [4.69, 9.17) is 9.84 Å². The summed E-state index contributed by atoms with van der Waals surface area (Å²) < 4.78 is 5.54. The molecule has 1 aromatic carbocycles. The summed E-state index contributed by atoms with van der Waals surface area (Å²) in [5.41, 5.74) is 1.33. The molecule has 1 atom stereocenters. The second-order valence-corrected chi connectivity index (χ2v) is 4.63. The number of ketones is 1. The minimum atomic E-state index is -0.544. The molecule has 1 unspecified atom stereocenters. The molecule has 5 nitrogen and oxygen atoms in total. The average Bonchev–Trinajstić information content (AvgIpc) is 2.49. The third-order valence-electron chi connectivity index (χ3n) is 3.40. The van der Waals surface area contributed by atoms with Crippen LogP contribution in [0.25, 0.3) is 5.57 Å². The van der Waals surface area contributed by atoms with E-state index in [0.717, 1.165) is 6.26 Å². The summed E-state index contributed by atoms with van der Waals surface area (Å²) in [6, 6.07) is 4.88. The molecule has 0 aromatic heterocycles. The fourth-order valence-corrected chi connectivity index (χ4v) is 2.45. The van der Waals surface area contributed by atoms with E-state index in [9.17, 15) is 15.0 Å². The SMILES string of the molecule is O=C1C=CC2C(=C1O)Oc1c(O)cccc1/C2=C\C=C/O. The number of allylic oxidation sites excluding steroid dienone is 4. The van der Waals surface area contributed by atoms with Crippen molar-refractivity contribution in [3.63, 3.8) is 0 Å². The summed E-state index contributed by atoms with van der Waals surface area (Å²) in [6.07, 6.45) is 6.83. The Balaban J connectivity index is 2.26. The molecule has 1 heterocycles. The standard InChI is InChI=1S/C16H12O5/c17-8-2-4-9-10-3-1-5-13(19)15(10)21-16-11(9)6-7-12(18)14(16)20/h1-8,11,17,19-20H/b8-2-,9-4+. The van der Waals surface area contributed by atoms with Gasteiger partial charge in [-0.15, -0.1) is 0 Å². The molecule has 21 heavy (non-hydrogen) atoms. The third-order valence-corrected chi connectivity index (χ3v) is 3.40. The van der Waals surface area contributed by atoms with E-state index < -0.39 is 17.5 Å². The van der Waals surface area contributed by atoms with E-state index in [1.54, 1.807) is 24.3 Å². The van der Waals surface area contributed by atoms with Crippen LogP contribution in [0, 0.1) is 5.92 Å². The number of benzene rings is 1. The van der Waals surface area contributed by atoms with Crippen LogP contribution >= 0.6 is 0 Å². The van der Waals surface area contributed by atoms with Crippen LogP contribution in [0.1, 0.15) is 5.56 Å².